The van der Waals surface area contributed by atoms with Crippen LogP contribution in [-0.4, -0.2) is 4.57 Å². The van der Waals surface area contributed by atoms with E-state index < -0.39 is 0 Å². The van der Waals surface area contributed by atoms with Gasteiger partial charge in [-0.05, 0) is 69.6 Å². The largest absolute Gasteiger partial charge is 0.309 e. The highest BCUT2D eigenvalue weighted by atomic mass is 15.0. The van der Waals surface area contributed by atoms with Crippen LogP contribution in [0.15, 0.2) is 121 Å². The molecule has 0 saturated carbocycles. The molecular formula is C34H29N. The first kappa shape index (κ1) is 21.4. The Morgan fingerprint density at radius 1 is 0.457 bits per heavy atom. The minimum absolute atomic E-state index is 0.133. The molecule has 0 aliphatic heterocycles. The zero-order valence-corrected chi connectivity index (χ0v) is 20.5. The van der Waals surface area contributed by atoms with Crippen molar-refractivity contribution in [1.82, 2.24) is 4.57 Å². The van der Waals surface area contributed by atoms with Gasteiger partial charge in [0.2, 0.25) is 0 Å². The van der Waals surface area contributed by atoms with Gasteiger partial charge < -0.3 is 4.57 Å². The maximum Gasteiger partial charge on any atom is 0.0541 e. The van der Waals surface area contributed by atoms with Gasteiger partial charge in [-0.1, -0.05) is 106 Å². The second kappa shape index (κ2) is 8.29. The molecule has 1 nitrogen and oxygen atoms in total. The summed E-state index contributed by atoms with van der Waals surface area (Å²) in [5, 5.41) is 2.55. The molecule has 1 aromatic heterocycles. The number of hydrogen-bond donors (Lipinski definition) is 0. The minimum Gasteiger partial charge on any atom is -0.309 e. The van der Waals surface area contributed by atoms with Crippen LogP contribution in [0.5, 0.6) is 0 Å². The van der Waals surface area contributed by atoms with Gasteiger partial charge in [0.05, 0.1) is 11.0 Å². The van der Waals surface area contributed by atoms with E-state index in [4.69, 9.17) is 0 Å². The average molecular weight is 452 g/mol. The molecule has 0 radical (unpaired) electrons. The van der Waals surface area contributed by atoms with Crippen molar-refractivity contribution >= 4 is 21.8 Å². The van der Waals surface area contributed by atoms with E-state index >= 15 is 0 Å². The van der Waals surface area contributed by atoms with Crippen molar-refractivity contribution in [3.8, 4) is 27.9 Å². The number of nitrogens with zero attached hydrogens (tertiary/aromatic N) is 1. The quantitative estimate of drug-likeness (QED) is 0.252. The van der Waals surface area contributed by atoms with Gasteiger partial charge in [0.15, 0.2) is 0 Å². The standard InChI is InChI=1S/C34H29N/c1-34(2,3)28-16-18-29(19-17-28)35-32-20-14-26(24-10-6-4-7-11-24)22-30(32)31-23-27(15-21-33(31)35)25-12-8-5-9-13-25/h4-23H,1-3H3. The van der Waals surface area contributed by atoms with E-state index in [2.05, 4.69) is 147 Å². The predicted molar refractivity (Wildman–Crippen MR) is 150 cm³/mol. The summed E-state index contributed by atoms with van der Waals surface area (Å²) in [6.07, 6.45) is 0. The number of rotatable bonds is 3. The monoisotopic (exact) mass is 451 g/mol. The highest BCUT2D eigenvalue weighted by Crippen LogP contribution is 2.37. The van der Waals surface area contributed by atoms with Crippen LogP contribution >= 0.6 is 0 Å². The highest BCUT2D eigenvalue weighted by Gasteiger charge is 2.17. The number of benzene rings is 5. The molecule has 0 aliphatic rings. The van der Waals surface area contributed by atoms with E-state index in [9.17, 15) is 0 Å². The van der Waals surface area contributed by atoms with Crippen molar-refractivity contribution in [2.75, 3.05) is 0 Å². The zero-order chi connectivity index (χ0) is 24.0. The van der Waals surface area contributed by atoms with Crippen LogP contribution < -0.4 is 0 Å². The molecule has 0 aliphatic carbocycles. The Morgan fingerprint density at radius 3 is 1.34 bits per heavy atom. The molecule has 1 heterocycles. The average Bonchev–Trinajstić information content (AvgIpc) is 3.22. The van der Waals surface area contributed by atoms with E-state index in [-0.39, 0.29) is 5.41 Å². The zero-order valence-electron chi connectivity index (χ0n) is 20.5. The first-order valence-corrected chi connectivity index (χ1v) is 12.3. The minimum atomic E-state index is 0.133. The molecule has 0 N–H and O–H groups in total. The Balaban J connectivity index is 1.62. The lowest BCUT2D eigenvalue weighted by Crippen LogP contribution is -2.10. The SMILES string of the molecule is CC(C)(C)c1ccc(-n2c3ccc(-c4ccccc4)cc3c3cc(-c4ccccc4)ccc32)cc1. The van der Waals surface area contributed by atoms with Gasteiger partial charge in [-0.2, -0.15) is 0 Å². The van der Waals surface area contributed by atoms with Crippen molar-refractivity contribution in [1.29, 1.82) is 0 Å². The van der Waals surface area contributed by atoms with Crippen LogP contribution in [0.1, 0.15) is 26.3 Å². The van der Waals surface area contributed by atoms with Gasteiger partial charge in [0.1, 0.15) is 0 Å². The summed E-state index contributed by atoms with van der Waals surface area (Å²) < 4.78 is 2.40. The number of hydrogen-bond acceptors (Lipinski definition) is 0. The summed E-state index contributed by atoms with van der Waals surface area (Å²) in [4.78, 5) is 0. The molecule has 35 heavy (non-hydrogen) atoms. The smallest absolute Gasteiger partial charge is 0.0541 e. The molecule has 1 heteroatoms. The van der Waals surface area contributed by atoms with E-state index in [1.165, 1.54) is 55.3 Å². The van der Waals surface area contributed by atoms with Gasteiger partial charge in [-0.3, -0.25) is 0 Å². The van der Waals surface area contributed by atoms with Gasteiger partial charge in [0.25, 0.3) is 0 Å². The summed E-state index contributed by atoms with van der Waals surface area (Å²) in [5.74, 6) is 0. The number of fused-ring (bicyclic) bond motifs is 3. The van der Waals surface area contributed by atoms with Crippen molar-refractivity contribution in [3.63, 3.8) is 0 Å². The summed E-state index contributed by atoms with van der Waals surface area (Å²) in [6.45, 7) is 6.79. The lowest BCUT2D eigenvalue weighted by atomic mass is 9.87. The van der Waals surface area contributed by atoms with Crippen LogP contribution in [0.3, 0.4) is 0 Å². The molecule has 0 spiro atoms. The third-order valence-corrected chi connectivity index (χ3v) is 6.97. The van der Waals surface area contributed by atoms with E-state index in [0.29, 0.717) is 0 Å². The third-order valence-electron chi connectivity index (χ3n) is 6.97. The van der Waals surface area contributed by atoms with Crippen LogP contribution in [0.2, 0.25) is 0 Å². The fraction of sp³-hybridized carbons (Fsp3) is 0.118. The second-order valence-electron chi connectivity index (χ2n) is 10.3. The molecule has 0 fully saturated rings. The van der Waals surface area contributed by atoms with Crippen molar-refractivity contribution in [2.45, 2.75) is 26.2 Å². The van der Waals surface area contributed by atoms with Gasteiger partial charge >= 0.3 is 0 Å². The maximum absolute atomic E-state index is 2.40. The first-order chi connectivity index (χ1) is 17.0. The maximum atomic E-state index is 2.40. The van der Waals surface area contributed by atoms with Gasteiger partial charge in [-0.15, -0.1) is 0 Å². The summed E-state index contributed by atoms with van der Waals surface area (Å²) >= 11 is 0. The molecule has 0 amide bonds. The van der Waals surface area contributed by atoms with E-state index in [0.717, 1.165) is 0 Å². The Bertz CT molecular complexity index is 1530. The molecule has 0 saturated heterocycles. The first-order valence-electron chi connectivity index (χ1n) is 12.3. The summed E-state index contributed by atoms with van der Waals surface area (Å²) in [6, 6.07) is 44.1. The van der Waals surface area contributed by atoms with Gasteiger partial charge in [0, 0.05) is 16.5 Å². The molecule has 0 atom stereocenters. The van der Waals surface area contributed by atoms with Crippen LogP contribution in [0.25, 0.3) is 49.7 Å². The summed E-state index contributed by atoms with van der Waals surface area (Å²) in [5.41, 5.74) is 10.1. The van der Waals surface area contributed by atoms with Crippen molar-refractivity contribution in [2.24, 2.45) is 0 Å². The molecule has 0 bridgehead atoms. The van der Waals surface area contributed by atoms with E-state index in [1.54, 1.807) is 0 Å². The third kappa shape index (κ3) is 3.84. The molecule has 6 rings (SSSR count). The predicted octanol–water partition coefficient (Wildman–Crippen LogP) is 9.42. The Labute approximate surface area is 207 Å². The molecular weight excluding hydrogens is 422 g/mol. The lowest BCUT2D eigenvalue weighted by Gasteiger charge is -2.19. The molecule has 170 valence electrons. The Hall–Kier alpha value is -4.10. The van der Waals surface area contributed by atoms with E-state index in [1.807, 2.05) is 0 Å². The van der Waals surface area contributed by atoms with Crippen molar-refractivity contribution in [3.05, 3.63) is 127 Å². The highest BCUT2D eigenvalue weighted by molar-refractivity contribution is 6.11. The number of aromatic nitrogens is 1. The van der Waals surface area contributed by atoms with Crippen LogP contribution in [-0.2, 0) is 5.41 Å². The molecule has 6 aromatic rings. The van der Waals surface area contributed by atoms with Crippen LogP contribution in [0, 0.1) is 0 Å². The topological polar surface area (TPSA) is 4.93 Å². The Kier molecular flexibility index (Phi) is 5.07. The fourth-order valence-corrected chi connectivity index (χ4v) is 5.03. The lowest BCUT2D eigenvalue weighted by molar-refractivity contribution is 0.590. The second-order valence-corrected chi connectivity index (χ2v) is 10.3. The summed E-state index contributed by atoms with van der Waals surface area (Å²) in [7, 11) is 0. The normalized spacial score (nSPS) is 11.9. The van der Waals surface area contributed by atoms with Gasteiger partial charge in [-0.25, -0.2) is 0 Å². The fourth-order valence-electron chi connectivity index (χ4n) is 5.03. The molecule has 5 aromatic carbocycles. The van der Waals surface area contributed by atoms with Crippen molar-refractivity contribution < 1.29 is 0 Å². The van der Waals surface area contributed by atoms with Crippen LogP contribution in [0.4, 0.5) is 0 Å². The molecule has 0 unspecified atom stereocenters. The Morgan fingerprint density at radius 2 is 0.914 bits per heavy atom.